The van der Waals surface area contributed by atoms with Crippen LogP contribution < -0.4 is 0 Å². The third-order valence-electron chi connectivity index (χ3n) is 2.92. The molecule has 0 bridgehead atoms. The molecule has 1 aromatic carbocycles. The minimum atomic E-state index is 0.727. The average Bonchev–Trinajstić information content (AvgIpc) is 2.71. The number of hydrogen-bond acceptors (Lipinski definition) is 3. The number of benzene rings is 1. The van der Waals surface area contributed by atoms with Gasteiger partial charge in [0.05, 0.1) is 6.67 Å². The van der Waals surface area contributed by atoms with Crippen LogP contribution in [0.15, 0.2) is 36.7 Å². The Hall–Kier alpha value is -1.46. The van der Waals surface area contributed by atoms with Crippen molar-refractivity contribution in [2.45, 2.75) is 20.1 Å². The van der Waals surface area contributed by atoms with Gasteiger partial charge in [0.15, 0.2) is 4.77 Å². The monoisotopic (exact) mass is 262 g/mol. The molecular formula is C13H18N4S. The first kappa shape index (κ1) is 13.0. The van der Waals surface area contributed by atoms with Gasteiger partial charge in [-0.25, -0.2) is 4.68 Å². The van der Waals surface area contributed by atoms with Crippen LogP contribution in [-0.2, 0) is 20.3 Å². The van der Waals surface area contributed by atoms with E-state index in [-0.39, 0.29) is 0 Å². The van der Waals surface area contributed by atoms with Gasteiger partial charge in [-0.2, -0.15) is 5.10 Å². The molecule has 0 saturated heterocycles. The van der Waals surface area contributed by atoms with Crippen molar-refractivity contribution < 1.29 is 0 Å². The fourth-order valence-corrected chi connectivity index (χ4v) is 1.96. The summed E-state index contributed by atoms with van der Waals surface area (Å²) in [4.78, 5) is 2.30. The van der Waals surface area contributed by atoms with E-state index in [0.29, 0.717) is 0 Å². The number of aromatic nitrogens is 3. The Morgan fingerprint density at radius 3 is 2.56 bits per heavy atom. The molecular weight excluding hydrogens is 244 g/mol. The summed E-state index contributed by atoms with van der Waals surface area (Å²) < 4.78 is 4.45. The number of nitrogens with zero attached hydrogens (tertiary/aromatic N) is 4. The lowest BCUT2D eigenvalue weighted by molar-refractivity contribution is 0.207. The molecule has 0 radical (unpaired) electrons. The van der Waals surface area contributed by atoms with Crippen LogP contribution in [0.4, 0.5) is 0 Å². The standard InChI is InChI=1S/C13H18N4S/c1-3-16(9-12-7-5-4-6-8-12)11-17-13(18)15(2)10-14-17/h4-8,10H,3,9,11H2,1-2H3. The van der Waals surface area contributed by atoms with Crippen LogP contribution in [0.5, 0.6) is 0 Å². The fourth-order valence-electron chi connectivity index (χ4n) is 1.81. The lowest BCUT2D eigenvalue weighted by Crippen LogP contribution is -2.26. The molecule has 0 saturated carbocycles. The van der Waals surface area contributed by atoms with E-state index in [9.17, 15) is 0 Å². The van der Waals surface area contributed by atoms with Gasteiger partial charge in [0.25, 0.3) is 0 Å². The molecule has 0 atom stereocenters. The van der Waals surface area contributed by atoms with Crippen LogP contribution in [0.3, 0.4) is 0 Å². The van der Waals surface area contributed by atoms with Crippen LogP contribution >= 0.6 is 12.2 Å². The van der Waals surface area contributed by atoms with E-state index in [1.54, 1.807) is 6.33 Å². The first-order valence-electron chi connectivity index (χ1n) is 6.05. The first-order chi connectivity index (χ1) is 8.70. The van der Waals surface area contributed by atoms with E-state index in [4.69, 9.17) is 12.2 Å². The van der Waals surface area contributed by atoms with Gasteiger partial charge in [-0.05, 0) is 24.3 Å². The summed E-state index contributed by atoms with van der Waals surface area (Å²) in [6.07, 6.45) is 1.75. The highest BCUT2D eigenvalue weighted by molar-refractivity contribution is 7.71. The third kappa shape index (κ3) is 3.05. The van der Waals surface area contributed by atoms with Gasteiger partial charge in [-0.15, -0.1) is 0 Å². The van der Waals surface area contributed by atoms with Crippen molar-refractivity contribution >= 4 is 12.2 Å². The Labute approximate surface area is 112 Å². The zero-order chi connectivity index (χ0) is 13.0. The van der Waals surface area contributed by atoms with Crippen molar-refractivity contribution in [1.29, 1.82) is 0 Å². The van der Waals surface area contributed by atoms with E-state index in [1.807, 2.05) is 22.4 Å². The topological polar surface area (TPSA) is 26.0 Å². The summed E-state index contributed by atoms with van der Waals surface area (Å²) in [5, 5.41) is 4.28. The molecule has 0 aliphatic heterocycles. The molecule has 5 heteroatoms. The van der Waals surface area contributed by atoms with Crippen LogP contribution in [0.1, 0.15) is 12.5 Å². The second-order valence-electron chi connectivity index (χ2n) is 4.30. The lowest BCUT2D eigenvalue weighted by Gasteiger charge is -2.20. The third-order valence-corrected chi connectivity index (χ3v) is 3.42. The van der Waals surface area contributed by atoms with Crippen molar-refractivity contribution in [3.05, 3.63) is 47.0 Å². The van der Waals surface area contributed by atoms with Gasteiger partial charge in [-0.1, -0.05) is 37.3 Å². The summed E-state index contributed by atoms with van der Waals surface area (Å²) >= 11 is 5.29. The molecule has 0 spiro atoms. The number of rotatable bonds is 5. The minimum Gasteiger partial charge on any atom is -0.310 e. The summed E-state index contributed by atoms with van der Waals surface area (Å²) in [6, 6.07) is 10.4. The van der Waals surface area contributed by atoms with Gasteiger partial charge in [-0.3, -0.25) is 4.90 Å². The largest absolute Gasteiger partial charge is 0.310 e. The molecule has 0 fully saturated rings. The van der Waals surface area contributed by atoms with Crippen molar-refractivity contribution in [2.75, 3.05) is 6.54 Å². The molecule has 0 N–H and O–H groups in total. The normalized spacial score (nSPS) is 11.1. The molecule has 0 unspecified atom stereocenters. The highest BCUT2D eigenvalue weighted by atomic mass is 32.1. The molecule has 18 heavy (non-hydrogen) atoms. The molecule has 2 rings (SSSR count). The Morgan fingerprint density at radius 2 is 2.00 bits per heavy atom. The van der Waals surface area contributed by atoms with Crippen LogP contribution in [0.25, 0.3) is 0 Å². The quantitative estimate of drug-likeness (QED) is 0.774. The fraction of sp³-hybridized carbons (Fsp3) is 0.385. The van der Waals surface area contributed by atoms with Crippen LogP contribution in [0.2, 0.25) is 0 Å². The van der Waals surface area contributed by atoms with E-state index < -0.39 is 0 Å². The number of aryl methyl sites for hydroxylation is 1. The van der Waals surface area contributed by atoms with E-state index >= 15 is 0 Å². The van der Waals surface area contributed by atoms with Gasteiger partial charge < -0.3 is 4.57 Å². The van der Waals surface area contributed by atoms with Gasteiger partial charge in [0, 0.05) is 13.6 Å². The van der Waals surface area contributed by atoms with Crippen molar-refractivity contribution in [2.24, 2.45) is 7.05 Å². The minimum absolute atomic E-state index is 0.727. The zero-order valence-electron chi connectivity index (χ0n) is 10.8. The molecule has 2 aromatic rings. The summed E-state index contributed by atoms with van der Waals surface area (Å²) in [5.41, 5.74) is 1.31. The Kier molecular flexibility index (Phi) is 4.28. The molecule has 0 aliphatic rings. The highest BCUT2D eigenvalue weighted by Gasteiger charge is 2.06. The SMILES string of the molecule is CCN(Cc1ccccc1)Cn1ncn(C)c1=S. The molecule has 1 aromatic heterocycles. The Bertz CT molecular complexity index is 544. The van der Waals surface area contributed by atoms with Crippen LogP contribution in [-0.4, -0.2) is 25.8 Å². The van der Waals surface area contributed by atoms with E-state index in [1.165, 1.54) is 5.56 Å². The van der Waals surface area contributed by atoms with Crippen LogP contribution in [0, 0.1) is 4.77 Å². The maximum Gasteiger partial charge on any atom is 0.198 e. The lowest BCUT2D eigenvalue weighted by atomic mass is 10.2. The zero-order valence-corrected chi connectivity index (χ0v) is 11.6. The molecule has 1 heterocycles. The molecule has 0 aliphatic carbocycles. The second-order valence-corrected chi connectivity index (χ2v) is 4.66. The average molecular weight is 262 g/mol. The smallest absolute Gasteiger partial charge is 0.198 e. The van der Waals surface area contributed by atoms with E-state index in [0.717, 1.165) is 24.5 Å². The van der Waals surface area contributed by atoms with Crippen molar-refractivity contribution in [1.82, 2.24) is 19.2 Å². The molecule has 4 nitrogen and oxygen atoms in total. The summed E-state index contributed by atoms with van der Waals surface area (Å²) in [6.45, 7) is 4.75. The van der Waals surface area contributed by atoms with Gasteiger partial charge in [0.1, 0.15) is 6.33 Å². The predicted octanol–water partition coefficient (Wildman–Crippen LogP) is 2.43. The van der Waals surface area contributed by atoms with E-state index in [2.05, 4.69) is 41.2 Å². The predicted molar refractivity (Wildman–Crippen MR) is 74.6 cm³/mol. The highest BCUT2D eigenvalue weighted by Crippen LogP contribution is 2.05. The van der Waals surface area contributed by atoms with Crippen molar-refractivity contribution in [3.8, 4) is 0 Å². The maximum absolute atomic E-state index is 5.29. The Balaban J connectivity index is 2.06. The Morgan fingerprint density at radius 1 is 1.28 bits per heavy atom. The van der Waals surface area contributed by atoms with Crippen molar-refractivity contribution in [3.63, 3.8) is 0 Å². The summed E-state index contributed by atoms with van der Waals surface area (Å²) in [5.74, 6) is 0. The summed E-state index contributed by atoms with van der Waals surface area (Å²) in [7, 11) is 1.92. The number of hydrogen-bond donors (Lipinski definition) is 0. The van der Waals surface area contributed by atoms with Gasteiger partial charge >= 0.3 is 0 Å². The first-order valence-corrected chi connectivity index (χ1v) is 6.46. The maximum atomic E-state index is 5.29. The van der Waals surface area contributed by atoms with Gasteiger partial charge in [0.2, 0.25) is 0 Å². The second kappa shape index (κ2) is 5.93. The molecule has 96 valence electrons. The molecule has 0 amide bonds.